The van der Waals surface area contributed by atoms with E-state index in [4.69, 9.17) is 19.2 Å². The second-order valence-corrected chi connectivity index (χ2v) is 6.46. The van der Waals surface area contributed by atoms with Crippen molar-refractivity contribution < 1.29 is 28.7 Å². The standard InChI is InChI=1S/C14H9O2P.H3O4P/c15-17(16)14-9-10-5-1-2-6-11(10)12-7-3-4-8-13(12)14;1-5(2,3)4/h1-9H;(H3,1,2,3,4). The van der Waals surface area contributed by atoms with Crippen LogP contribution in [0.4, 0.5) is 0 Å². The van der Waals surface area contributed by atoms with Crippen LogP contribution in [0.3, 0.4) is 0 Å². The van der Waals surface area contributed by atoms with Gasteiger partial charge < -0.3 is 19.6 Å². The van der Waals surface area contributed by atoms with Crippen LogP contribution < -0.4 is 10.2 Å². The molecule has 3 N–H and O–H groups in total. The van der Waals surface area contributed by atoms with E-state index in [0.717, 1.165) is 21.5 Å². The number of hydrogen-bond donors (Lipinski definition) is 3. The van der Waals surface area contributed by atoms with Gasteiger partial charge in [-0.3, -0.25) is 0 Å². The van der Waals surface area contributed by atoms with Crippen molar-refractivity contribution in [3.05, 3.63) is 54.6 Å². The van der Waals surface area contributed by atoms with Gasteiger partial charge >= 0.3 is 15.9 Å². The molecule has 1 unspecified atom stereocenters. The lowest BCUT2D eigenvalue weighted by molar-refractivity contribution is -0.160. The van der Waals surface area contributed by atoms with Gasteiger partial charge in [0, 0.05) is 5.39 Å². The third-order valence-corrected chi connectivity index (χ3v) is 3.71. The average Bonchev–Trinajstić information content (AvgIpc) is 2.44. The molecule has 114 valence electrons. The van der Waals surface area contributed by atoms with Gasteiger partial charge in [-0.2, -0.15) is 0 Å². The van der Waals surface area contributed by atoms with E-state index in [1.807, 2.05) is 48.5 Å². The Morgan fingerprint density at radius 1 is 0.864 bits per heavy atom. The molecule has 22 heavy (non-hydrogen) atoms. The maximum atomic E-state index is 11.3. The Morgan fingerprint density at radius 3 is 1.86 bits per heavy atom. The van der Waals surface area contributed by atoms with E-state index in [1.54, 1.807) is 6.07 Å². The van der Waals surface area contributed by atoms with Crippen LogP contribution in [-0.4, -0.2) is 14.7 Å². The first-order chi connectivity index (χ1) is 10.3. The maximum Gasteiger partial charge on any atom is 0.466 e. The summed E-state index contributed by atoms with van der Waals surface area (Å²) < 4.78 is 20.2. The highest BCUT2D eigenvalue weighted by Gasteiger charge is 2.14. The topological polar surface area (TPSA) is 118 Å². The third kappa shape index (κ3) is 4.18. The molecule has 0 radical (unpaired) electrons. The molecular formula is C14H12O6P2. The van der Waals surface area contributed by atoms with Crippen LogP contribution in [0.1, 0.15) is 0 Å². The van der Waals surface area contributed by atoms with Crippen LogP contribution >= 0.6 is 15.9 Å². The van der Waals surface area contributed by atoms with Gasteiger partial charge in [-0.1, -0.05) is 47.0 Å². The van der Waals surface area contributed by atoms with Gasteiger partial charge in [0.2, 0.25) is 0 Å². The molecule has 3 aromatic rings. The SMILES string of the molecule is O=P(O)(O)O.O=[P+]([O-])c1cc2ccccc2c2ccccc12. The number of rotatable bonds is 1. The van der Waals surface area contributed by atoms with Crippen molar-refractivity contribution in [1.29, 1.82) is 0 Å². The predicted molar refractivity (Wildman–Crippen MR) is 83.0 cm³/mol. The smallest absolute Gasteiger partial charge is 0.466 e. The lowest BCUT2D eigenvalue weighted by atomic mass is 10.0. The lowest BCUT2D eigenvalue weighted by Crippen LogP contribution is -2.06. The van der Waals surface area contributed by atoms with Gasteiger partial charge in [-0.25, -0.2) is 4.57 Å². The zero-order valence-corrected chi connectivity index (χ0v) is 12.9. The Labute approximate surface area is 126 Å². The molecule has 0 spiro atoms. The molecule has 0 aliphatic heterocycles. The highest BCUT2D eigenvalue weighted by Crippen LogP contribution is 2.27. The number of hydrogen-bond acceptors (Lipinski definition) is 3. The summed E-state index contributed by atoms with van der Waals surface area (Å²) >= 11 is 0. The van der Waals surface area contributed by atoms with Gasteiger partial charge in [0.05, 0.1) is 0 Å². The molecule has 8 heteroatoms. The van der Waals surface area contributed by atoms with E-state index in [1.165, 1.54) is 0 Å². The highest BCUT2D eigenvalue weighted by molar-refractivity contribution is 7.46. The predicted octanol–water partition coefficient (Wildman–Crippen LogP) is 1.79. The fourth-order valence-corrected chi connectivity index (χ4v) is 2.82. The Bertz CT molecular complexity index is 879. The fraction of sp³-hybridized carbons (Fsp3) is 0. The molecule has 0 saturated carbocycles. The van der Waals surface area contributed by atoms with Crippen LogP contribution in [0.5, 0.6) is 0 Å². The van der Waals surface area contributed by atoms with Crippen molar-refractivity contribution in [1.82, 2.24) is 0 Å². The minimum absolute atomic E-state index is 0.398. The minimum Gasteiger partial charge on any atom is -0.591 e. The van der Waals surface area contributed by atoms with Crippen molar-refractivity contribution >= 4 is 42.7 Å². The Hall–Kier alpha value is -1.65. The van der Waals surface area contributed by atoms with E-state index in [0.29, 0.717) is 5.30 Å². The van der Waals surface area contributed by atoms with Gasteiger partial charge in [-0.15, -0.1) is 0 Å². The van der Waals surface area contributed by atoms with E-state index in [2.05, 4.69) is 0 Å². The minimum atomic E-state index is -4.64. The Balaban J connectivity index is 0.000000309. The maximum absolute atomic E-state index is 11.3. The molecule has 0 amide bonds. The van der Waals surface area contributed by atoms with E-state index >= 15 is 0 Å². The van der Waals surface area contributed by atoms with Crippen LogP contribution in [-0.2, 0) is 9.13 Å². The van der Waals surface area contributed by atoms with Crippen LogP contribution in [0.2, 0.25) is 0 Å². The third-order valence-electron chi connectivity index (χ3n) is 2.94. The van der Waals surface area contributed by atoms with Crippen molar-refractivity contribution in [2.45, 2.75) is 0 Å². The Kier molecular flexibility index (Phi) is 5.04. The second-order valence-electron chi connectivity index (χ2n) is 4.43. The van der Waals surface area contributed by atoms with E-state index < -0.39 is 15.9 Å². The molecule has 0 aliphatic carbocycles. The molecule has 0 bridgehead atoms. The molecule has 3 aromatic carbocycles. The summed E-state index contributed by atoms with van der Waals surface area (Å²) in [7, 11) is -7.21. The van der Waals surface area contributed by atoms with Gasteiger partial charge in [0.25, 0.3) is 0 Å². The van der Waals surface area contributed by atoms with E-state index in [-0.39, 0.29) is 0 Å². The van der Waals surface area contributed by atoms with Crippen molar-refractivity contribution in [3.8, 4) is 0 Å². The van der Waals surface area contributed by atoms with Crippen LogP contribution in [0, 0.1) is 0 Å². The second kappa shape index (κ2) is 6.63. The normalized spacial score (nSPS) is 11.9. The summed E-state index contributed by atoms with van der Waals surface area (Å²) in [5.74, 6) is 0. The number of benzene rings is 3. The largest absolute Gasteiger partial charge is 0.591 e. The first-order valence-corrected chi connectivity index (χ1v) is 8.85. The van der Waals surface area contributed by atoms with Crippen molar-refractivity contribution in [2.75, 3.05) is 0 Å². The van der Waals surface area contributed by atoms with E-state index in [9.17, 15) is 9.46 Å². The molecule has 0 saturated heterocycles. The Morgan fingerprint density at radius 2 is 1.32 bits per heavy atom. The van der Waals surface area contributed by atoms with Gasteiger partial charge in [0.15, 0.2) is 5.30 Å². The molecule has 0 aliphatic rings. The van der Waals surface area contributed by atoms with Crippen molar-refractivity contribution in [2.24, 2.45) is 0 Å². The fourth-order valence-electron chi connectivity index (χ4n) is 2.19. The van der Waals surface area contributed by atoms with Gasteiger partial charge in [0.1, 0.15) is 0 Å². The summed E-state index contributed by atoms with van der Waals surface area (Å²) in [6.07, 6.45) is 0. The molecule has 3 rings (SSSR count). The zero-order chi connectivity index (χ0) is 16.3. The van der Waals surface area contributed by atoms with Gasteiger partial charge in [-0.05, 0) is 28.3 Å². The highest BCUT2D eigenvalue weighted by atomic mass is 31.2. The summed E-state index contributed by atoms with van der Waals surface area (Å²) in [6.45, 7) is 0. The van der Waals surface area contributed by atoms with Crippen molar-refractivity contribution in [3.63, 3.8) is 0 Å². The molecule has 0 heterocycles. The lowest BCUT2D eigenvalue weighted by Gasteiger charge is -2.04. The molecule has 6 nitrogen and oxygen atoms in total. The van der Waals surface area contributed by atoms with Crippen LogP contribution in [0.25, 0.3) is 21.5 Å². The average molecular weight is 338 g/mol. The molecule has 0 fully saturated rings. The quantitative estimate of drug-likeness (QED) is 0.460. The molecule has 1 atom stereocenters. The first-order valence-electron chi connectivity index (χ1n) is 6.10. The monoisotopic (exact) mass is 338 g/mol. The summed E-state index contributed by atoms with van der Waals surface area (Å²) in [4.78, 5) is 32.9. The summed E-state index contributed by atoms with van der Waals surface area (Å²) in [6, 6.07) is 17.2. The van der Waals surface area contributed by atoms with Crippen LogP contribution in [0.15, 0.2) is 54.6 Å². The zero-order valence-electron chi connectivity index (χ0n) is 11.2. The molecule has 0 aromatic heterocycles. The summed E-state index contributed by atoms with van der Waals surface area (Å²) in [5, 5.41) is 4.22. The number of fused-ring (bicyclic) bond motifs is 3. The number of phosphoric acid groups is 1. The summed E-state index contributed by atoms with van der Waals surface area (Å²) in [5.41, 5.74) is 0. The molecular weight excluding hydrogens is 326 g/mol. The first kappa shape index (κ1) is 16.7.